The summed E-state index contributed by atoms with van der Waals surface area (Å²) >= 11 is 5.72. The van der Waals surface area contributed by atoms with Crippen LogP contribution in [0.1, 0.15) is 18.9 Å². The van der Waals surface area contributed by atoms with Gasteiger partial charge in [-0.2, -0.15) is 22.7 Å². The second-order valence-corrected chi connectivity index (χ2v) is 6.55. The van der Waals surface area contributed by atoms with Crippen LogP contribution in [0.4, 0.5) is 13.2 Å². The van der Waals surface area contributed by atoms with Crippen LogP contribution in [-0.2, 0) is 10.0 Å². The number of rotatable bonds is 5. The van der Waals surface area contributed by atoms with Gasteiger partial charge in [0.15, 0.2) is 0 Å². The Morgan fingerprint density at radius 1 is 1.38 bits per heavy atom. The van der Waals surface area contributed by atoms with Crippen molar-refractivity contribution in [2.24, 2.45) is 0 Å². The molecule has 116 valence electrons. The fourth-order valence-corrected chi connectivity index (χ4v) is 3.46. The number of benzene rings is 1. The summed E-state index contributed by atoms with van der Waals surface area (Å²) < 4.78 is 62.3. The van der Waals surface area contributed by atoms with Gasteiger partial charge in [0.2, 0.25) is 10.0 Å². The molecule has 0 heterocycles. The minimum atomic E-state index is -4.64. The van der Waals surface area contributed by atoms with E-state index >= 15 is 0 Å². The molecule has 9 heteroatoms. The van der Waals surface area contributed by atoms with Gasteiger partial charge in [0.1, 0.15) is 12.6 Å². The molecular formula is C12H12ClF3N2O2S. The molecule has 21 heavy (non-hydrogen) atoms. The van der Waals surface area contributed by atoms with Crippen LogP contribution < -0.4 is 0 Å². The fourth-order valence-electron chi connectivity index (χ4n) is 1.63. The molecule has 1 aromatic rings. The predicted octanol–water partition coefficient (Wildman–Crippen LogP) is 3.17. The molecule has 0 saturated heterocycles. The highest BCUT2D eigenvalue weighted by Crippen LogP contribution is 2.26. The fraction of sp³-hybridized carbons (Fsp3) is 0.417. The van der Waals surface area contributed by atoms with E-state index in [9.17, 15) is 21.6 Å². The largest absolute Gasteiger partial charge is 0.402 e. The maximum Gasteiger partial charge on any atom is 0.402 e. The first-order valence-electron chi connectivity index (χ1n) is 5.88. The lowest BCUT2D eigenvalue weighted by molar-refractivity contribution is -0.136. The van der Waals surface area contributed by atoms with Crippen molar-refractivity contribution in [3.05, 3.63) is 28.8 Å². The maximum absolute atomic E-state index is 12.5. The van der Waals surface area contributed by atoms with Gasteiger partial charge < -0.3 is 0 Å². The lowest BCUT2D eigenvalue weighted by atomic mass is 10.2. The Morgan fingerprint density at radius 2 is 2.00 bits per heavy atom. The van der Waals surface area contributed by atoms with Crippen molar-refractivity contribution in [2.45, 2.75) is 24.4 Å². The smallest absolute Gasteiger partial charge is 0.207 e. The summed E-state index contributed by atoms with van der Waals surface area (Å²) in [6, 6.07) is 4.95. The van der Waals surface area contributed by atoms with Gasteiger partial charge in [0, 0.05) is 6.54 Å². The summed E-state index contributed by atoms with van der Waals surface area (Å²) in [6.45, 7) is -0.259. The summed E-state index contributed by atoms with van der Waals surface area (Å²) in [5.74, 6) is 0. The lowest BCUT2D eigenvalue weighted by Gasteiger charge is -2.23. The summed E-state index contributed by atoms with van der Waals surface area (Å²) in [5.41, 5.74) is 0.0495. The molecule has 0 aliphatic heterocycles. The highest BCUT2D eigenvalue weighted by atomic mass is 35.5. The van der Waals surface area contributed by atoms with Crippen LogP contribution in [0, 0.1) is 11.3 Å². The van der Waals surface area contributed by atoms with E-state index < -0.39 is 22.7 Å². The second kappa shape index (κ2) is 6.64. The van der Waals surface area contributed by atoms with E-state index in [-0.39, 0.29) is 28.4 Å². The lowest BCUT2D eigenvalue weighted by Crippen LogP contribution is -2.39. The Balaban J connectivity index is 3.23. The molecule has 0 aromatic heterocycles. The number of alkyl halides is 3. The van der Waals surface area contributed by atoms with E-state index in [0.29, 0.717) is 4.31 Å². The minimum absolute atomic E-state index is 0.0495. The average Bonchev–Trinajstić information content (AvgIpc) is 2.36. The molecule has 0 atom stereocenters. The Hall–Kier alpha value is -1.30. The van der Waals surface area contributed by atoms with Crippen molar-refractivity contribution >= 4 is 21.6 Å². The van der Waals surface area contributed by atoms with Crippen LogP contribution in [0.2, 0.25) is 5.02 Å². The van der Waals surface area contributed by atoms with Crippen LogP contribution >= 0.6 is 11.6 Å². The molecule has 0 unspecified atom stereocenters. The summed E-state index contributed by atoms with van der Waals surface area (Å²) in [7, 11) is -4.32. The first-order valence-corrected chi connectivity index (χ1v) is 7.70. The Morgan fingerprint density at radius 3 is 2.43 bits per heavy atom. The Bertz CT molecular complexity index is 653. The first-order chi connectivity index (χ1) is 9.61. The number of hydrogen-bond acceptors (Lipinski definition) is 3. The third-order valence-electron chi connectivity index (χ3n) is 2.53. The van der Waals surface area contributed by atoms with Gasteiger partial charge >= 0.3 is 6.18 Å². The van der Waals surface area contributed by atoms with Crippen molar-refractivity contribution in [3.8, 4) is 6.07 Å². The van der Waals surface area contributed by atoms with E-state index in [2.05, 4.69) is 0 Å². The first kappa shape index (κ1) is 17.8. The molecule has 1 aromatic carbocycles. The zero-order valence-electron chi connectivity index (χ0n) is 11.0. The van der Waals surface area contributed by atoms with E-state index in [4.69, 9.17) is 16.9 Å². The molecular weight excluding hydrogens is 329 g/mol. The van der Waals surface area contributed by atoms with E-state index in [0.717, 1.165) is 18.2 Å². The van der Waals surface area contributed by atoms with E-state index in [1.54, 1.807) is 13.0 Å². The normalized spacial score (nSPS) is 12.4. The summed E-state index contributed by atoms with van der Waals surface area (Å²) in [6.07, 6.45) is -4.40. The molecule has 0 amide bonds. The highest BCUT2D eigenvalue weighted by molar-refractivity contribution is 7.89. The van der Waals surface area contributed by atoms with E-state index in [1.165, 1.54) is 0 Å². The third kappa shape index (κ3) is 4.59. The van der Waals surface area contributed by atoms with E-state index in [1.807, 2.05) is 0 Å². The average molecular weight is 341 g/mol. The predicted molar refractivity (Wildman–Crippen MR) is 71.3 cm³/mol. The molecule has 1 rings (SSSR count). The van der Waals surface area contributed by atoms with Crippen molar-refractivity contribution < 1.29 is 21.6 Å². The molecule has 0 bridgehead atoms. The number of halogens is 4. The minimum Gasteiger partial charge on any atom is -0.207 e. The van der Waals surface area contributed by atoms with Crippen LogP contribution in [0.5, 0.6) is 0 Å². The Labute approximate surface area is 125 Å². The molecule has 0 aliphatic rings. The monoisotopic (exact) mass is 340 g/mol. The third-order valence-corrected chi connectivity index (χ3v) is 4.68. The zero-order valence-corrected chi connectivity index (χ0v) is 12.6. The van der Waals surface area contributed by atoms with Gasteiger partial charge in [0.25, 0.3) is 0 Å². The highest BCUT2D eigenvalue weighted by Gasteiger charge is 2.36. The zero-order chi connectivity index (χ0) is 16.3. The molecule has 4 nitrogen and oxygen atoms in total. The van der Waals surface area contributed by atoms with Gasteiger partial charge in [-0.15, -0.1) is 0 Å². The molecule has 0 N–H and O–H groups in total. The molecule has 0 radical (unpaired) electrons. The molecule has 0 saturated carbocycles. The number of nitrogens with zero attached hydrogens (tertiary/aromatic N) is 2. The van der Waals surface area contributed by atoms with Crippen LogP contribution in [0.3, 0.4) is 0 Å². The van der Waals surface area contributed by atoms with Crippen LogP contribution in [0.25, 0.3) is 0 Å². The van der Waals surface area contributed by atoms with Crippen molar-refractivity contribution in [1.29, 1.82) is 5.26 Å². The molecule has 0 aliphatic carbocycles. The molecule has 0 spiro atoms. The molecule has 0 fully saturated rings. The van der Waals surface area contributed by atoms with Gasteiger partial charge in [-0.05, 0) is 24.6 Å². The SMILES string of the molecule is CCCN(CC(F)(F)F)S(=O)(=O)c1ccc(C#N)c(Cl)c1. The van der Waals surface area contributed by atoms with Gasteiger partial charge in [-0.25, -0.2) is 8.42 Å². The Kier molecular flexibility index (Phi) is 5.61. The van der Waals surface area contributed by atoms with Crippen LogP contribution in [-0.4, -0.2) is 32.0 Å². The van der Waals surface area contributed by atoms with Gasteiger partial charge in [-0.1, -0.05) is 18.5 Å². The standard InChI is InChI=1S/C12H12ClF3N2O2S/c1-2-5-18(8-12(14,15)16)21(19,20)10-4-3-9(7-17)11(13)6-10/h3-4,6H,2,5,8H2,1H3. The number of hydrogen-bond donors (Lipinski definition) is 0. The van der Waals surface area contributed by atoms with Gasteiger partial charge in [0.05, 0.1) is 15.5 Å². The maximum atomic E-state index is 12.5. The number of sulfonamides is 1. The van der Waals surface area contributed by atoms with Crippen molar-refractivity contribution in [3.63, 3.8) is 0 Å². The second-order valence-electron chi connectivity index (χ2n) is 4.21. The van der Waals surface area contributed by atoms with Crippen molar-refractivity contribution in [2.75, 3.05) is 13.1 Å². The van der Waals surface area contributed by atoms with Gasteiger partial charge in [-0.3, -0.25) is 0 Å². The van der Waals surface area contributed by atoms with Crippen LogP contribution in [0.15, 0.2) is 23.1 Å². The topological polar surface area (TPSA) is 61.2 Å². The van der Waals surface area contributed by atoms with Crippen molar-refractivity contribution in [1.82, 2.24) is 4.31 Å². The number of nitriles is 1. The summed E-state index contributed by atoms with van der Waals surface area (Å²) in [5, 5.41) is 8.59. The summed E-state index contributed by atoms with van der Waals surface area (Å²) in [4.78, 5) is -0.371. The quantitative estimate of drug-likeness (QED) is 0.827.